The maximum absolute atomic E-state index is 12.8. The van der Waals surface area contributed by atoms with Gasteiger partial charge in [0.1, 0.15) is 11.3 Å². The average molecular weight is 359 g/mol. The van der Waals surface area contributed by atoms with E-state index in [1.54, 1.807) is 36.4 Å². The zero-order chi connectivity index (χ0) is 17.3. The fourth-order valence-corrected chi connectivity index (χ4v) is 2.74. The van der Waals surface area contributed by atoms with Gasteiger partial charge in [0.05, 0.1) is 10.7 Å². The van der Waals surface area contributed by atoms with Gasteiger partial charge >= 0.3 is 0 Å². The monoisotopic (exact) mass is 358 g/mol. The second-order valence-electron chi connectivity index (χ2n) is 5.00. The van der Waals surface area contributed by atoms with E-state index in [9.17, 15) is 14.7 Å². The molecule has 7 heteroatoms. The van der Waals surface area contributed by atoms with Crippen LogP contribution in [0.2, 0.25) is 5.02 Å². The van der Waals surface area contributed by atoms with Crippen molar-refractivity contribution in [3.63, 3.8) is 0 Å². The molecule has 1 saturated heterocycles. The molecule has 0 radical (unpaired) electrons. The minimum atomic E-state index is -0.582. The van der Waals surface area contributed by atoms with Gasteiger partial charge < -0.3 is 5.11 Å². The largest absolute Gasteiger partial charge is 0.508 e. The number of nitrogens with one attached hydrogen (secondary N) is 1. The number of carbonyl (C=O) groups is 2. The molecule has 0 saturated carbocycles. The van der Waals surface area contributed by atoms with Crippen molar-refractivity contribution in [2.75, 3.05) is 4.90 Å². The Hall–Kier alpha value is -2.70. The lowest BCUT2D eigenvalue weighted by molar-refractivity contribution is -0.122. The summed E-state index contributed by atoms with van der Waals surface area (Å²) in [5.74, 6) is -1.05. The SMILES string of the molecule is O=C1NC(=S)N(c2ccccc2Cl)C(=O)/C1=C/c1ccc(O)cc1. The molecule has 1 fully saturated rings. The molecule has 0 spiro atoms. The molecule has 0 aromatic heterocycles. The van der Waals surface area contributed by atoms with Crippen molar-refractivity contribution in [2.24, 2.45) is 0 Å². The van der Waals surface area contributed by atoms with Gasteiger partial charge in [0.2, 0.25) is 0 Å². The van der Waals surface area contributed by atoms with Gasteiger partial charge in [-0.25, -0.2) is 0 Å². The molecule has 3 rings (SSSR count). The number of anilines is 1. The van der Waals surface area contributed by atoms with Crippen molar-refractivity contribution in [1.29, 1.82) is 0 Å². The van der Waals surface area contributed by atoms with Crippen molar-refractivity contribution in [2.45, 2.75) is 0 Å². The highest BCUT2D eigenvalue weighted by molar-refractivity contribution is 7.80. The van der Waals surface area contributed by atoms with Crippen LogP contribution in [0.25, 0.3) is 6.08 Å². The van der Waals surface area contributed by atoms with Crippen LogP contribution in [0.15, 0.2) is 54.1 Å². The zero-order valence-corrected chi connectivity index (χ0v) is 13.8. The smallest absolute Gasteiger partial charge is 0.270 e. The summed E-state index contributed by atoms with van der Waals surface area (Å²) in [7, 11) is 0. The van der Waals surface area contributed by atoms with E-state index in [-0.39, 0.29) is 16.4 Å². The highest BCUT2D eigenvalue weighted by Crippen LogP contribution is 2.28. The molecule has 2 N–H and O–H groups in total. The number of amides is 2. The van der Waals surface area contributed by atoms with E-state index in [0.717, 1.165) is 0 Å². The molecule has 120 valence electrons. The first-order valence-electron chi connectivity index (χ1n) is 6.92. The summed E-state index contributed by atoms with van der Waals surface area (Å²) in [5, 5.41) is 12.1. The van der Waals surface area contributed by atoms with E-state index >= 15 is 0 Å². The van der Waals surface area contributed by atoms with Gasteiger partial charge in [-0.2, -0.15) is 0 Å². The molecule has 5 nitrogen and oxygen atoms in total. The fraction of sp³-hybridized carbons (Fsp3) is 0. The lowest BCUT2D eigenvalue weighted by Crippen LogP contribution is -2.54. The quantitative estimate of drug-likeness (QED) is 0.492. The molecule has 1 aliphatic heterocycles. The minimum Gasteiger partial charge on any atom is -0.508 e. The summed E-state index contributed by atoms with van der Waals surface area (Å²) in [6.07, 6.45) is 1.43. The molecular weight excluding hydrogens is 348 g/mol. The number of hydrogen-bond donors (Lipinski definition) is 2. The number of para-hydroxylation sites is 1. The Bertz CT molecular complexity index is 878. The third kappa shape index (κ3) is 3.02. The van der Waals surface area contributed by atoms with Gasteiger partial charge in [-0.1, -0.05) is 35.9 Å². The summed E-state index contributed by atoms with van der Waals surface area (Å²) in [4.78, 5) is 26.1. The van der Waals surface area contributed by atoms with Gasteiger partial charge in [-0.3, -0.25) is 19.8 Å². The fourth-order valence-electron chi connectivity index (χ4n) is 2.25. The average Bonchev–Trinajstić information content (AvgIpc) is 2.55. The van der Waals surface area contributed by atoms with Crippen molar-refractivity contribution in [1.82, 2.24) is 5.32 Å². The van der Waals surface area contributed by atoms with Gasteiger partial charge in [0.15, 0.2) is 5.11 Å². The number of aromatic hydroxyl groups is 1. The molecule has 0 atom stereocenters. The maximum atomic E-state index is 12.8. The van der Waals surface area contributed by atoms with E-state index in [0.29, 0.717) is 16.3 Å². The van der Waals surface area contributed by atoms with Crippen molar-refractivity contribution < 1.29 is 14.7 Å². The Balaban J connectivity index is 2.03. The molecule has 2 amide bonds. The third-order valence-electron chi connectivity index (χ3n) is 3.40. The molecule has 24 heavy (non-hydrogen) atoms. The van der Waals surface area contributed by atoms with E-state index in [4.69, 9.17) is 23.8 Å². The number of phenolic OH excluding ortho intramolecular Hbond substituents is 1. The van der Waals surface area contributed by atoms with Crippen LogP contribution >= 0.6 is 23.8 Å². The summed E-state index contributed by atoms with van der Waals surface area (Å²) in [6.45, 7) is 0. The molecule has 1 heterocycles. The zero-order valence-electron chi connectivity index (χ0n) is 12.2. The minimum absolute atomic E-state index is 0.0269. The van der Waals surface area contributed by atoms with Crippen LogP contribution in [0.1, 0.15) is 5.56 Å². The number of nitrogens with zero attached hydrogens (tertiary/aromatic N) is 1. The van der Waals surface area contributed by atoms with E-state index in [1.807, 2.05) is 0 Å². The third-order valence-corrected chi connectivity index (χ3v) is 4.00. The second-order valence-corrected chi connectivity index (χ2v) is 5.79. The maximum Gasteiger partial charge on any atom is 0.270 e. The van der Waals surface area contributed by atoms with Crippen LogP contribution in [0.5, 0.6) is 5.75 Å². The molecule has 0 unspecified atom stereocenters. The van der Waals surface area contributed by atoms with E-state index in [2.05, 4.69) is 5.32 Å². The Morgan fingerprint density at radius 2 is 1.75 bits per heavy atom. The molecular formula is C17H11ClN2O3S. The van der Waals surface area contributed by atoms with Crippen LogP contribution in [0.3, 0.4) is 0 Å². The number of halogens is 1. The number of benzene rings is 2. The van der Waals surface area contributed by atoms with Crippen LogP contribution in [0.4, 0.5) is 5.69 Å². The van der Waals surface area contributed by atoms with Crippen LogP contribution in [-0.2, 0) is 9.59 Å². The lowest BCUT2D eigenvalue weighted by Gasteiger charge is -2.29. The second kappa shape index (κ2) is 6.43. The molecule has 0 bridgehead atoms. The predicted octanol–water partition coefficient (Wildman–Crippen LogP) is 2.88. The highest BCUT2D eigenvalue weighted by atomic mass is 35.5. The first-order valence-corrected chi connectivity index (χ1v) is 7.71. The Labute approximate surface area is 148 Å². The van der Waals surface area contributed by atoms with Crippen molar-refractivity contribution in [3.8, 4) is 5.75 Å². The summed E-state index contributed by atoms with van der Waals surface area (Å²) in [5.41, 5.74) is 0.915. The number of carbonyl (C=O) groups excluding carboxylic acids is 2. The summed E-state index contributed by atoms with van der Waals surface area (Å²) >= 11 is 11.2. The van der Waals surface area contributed by atoms with E-state index in [1.165, 1.54) is 23.1 Å². The van der Waals surface area contributed by atoms with Gasteiger partial charge in [-0.05, 0) is 48.1 Å². The lowest BCUT2D eigenvalue weighted by atomic mass is 10.1. The van der Waals surface area contributed by atoms with Crippen molar-refractivity contribution >= 4 is 52.5 Å². The van der Waals surface area contributed by atoms with Crippen LogP contribution in [0, 0.1) is 0 Å². The summed E-state index contributed by atoms with van der Waals surface area (Å²) in [6, 6.07) is 12.8. The standard InChI is InChI=1S/C17H11ClN2O3S/c18-13-3-1-2-4-14(13)20-16(23)12(15(22)19-17(20)24)9-10-5-7-11(21)8-6-10/h1-9,21H,(H,19,22,24)/b12-9+. The number of phenols is 1. The van der Waals surface area contributed by atoms with Gasteiger partial charge in [0, 0.05) is 0 Å². The number of thiocarbonyl (C=S) groups is 1. The predicted molar refractivity (Wildman–Crippen MR) is 95.8 cm³/mol. The Morgan fingerprint density at radius 3 is 2.42 bits per heavy atom. The molecule has 2 aromatic carbocycles. The first kappa shape index (κ1) is 16.2. The normalized spacial score (nSPS) is 16.5. The van der Waals surface area contributed by atoms with Gasteiger partial charge in [-0.15, -0.1) is 0 Å². The highest BCUT2D eigenvalue weighted by Gasteiger charge is 2.35. The topological polar surface area (TPSA) is 69.6 Å². The molecule has 1 aliphatic rings. The Kier molecular flexibility index (Phi) is 4.33. The van der Waals surface area contributed by atoms with Crippen LogP contribution < -0.4 is 10.2 Å². The first-order chi connectivity index (χ1) is 11.5. The van der Waals surface area contributed by atoms with Crippen molar-refractivity contribution in [3.05, 3.63) is 64.7 Å². The molecule has 2 aromatic rings. The van der Waals surface area contributed by atoms with Crippen LogP contribution in [-0.4, -0.2) is 22.0 Å². The summed E-state index contributed by atoms with van der Waals surface area (Å²) < 4.78 is 0. The Morgan fingerprint density at radius 1 is 1.08 bits per heavy atom. The molecule has 0 aliphatic carbocycles. The number of hydrogen-bond acceptors (Lipinski definition) is 4. The van der Waals surface area contributed by atoms with Gasteiger partial charge in [0.25, 0.3) is 11.8 Å². The number of rotatable bonds is 2. The van der Waals surface area contributed by atoms with E-state index < -0.39 is 11.8 Å².